The fourth-order valence-electron chi connectivity index (χ4n) is 6.26. The van der Waals surface area contributed by atoms with Crippen LogP contribution in [0.2, 0.25) is 0 Å². The Morgan fingerprint density at radius 2 is 1.66 bits per heavy atom. The molecule has 1 saturated carbocycles. The van der Waals surface area contributed by atoms with Gasteiger partial charge in [-0.2, -0.15) is 13.2 Å². The summed E-state index contributed by atoms with van der Waals surface area (Å²) >= 11 is 0. The van der Waals surface area contributed by atoms with Crippen LogP contribution in [0, 0.1) is 11.8 Å². The lowest BCUT2D eigenvalue weighted by Crippen LogP contribution is -2.50. The fraction of sp³-hybridized carbons (Fsp3) is 0.325. The summed E-state index contributed by atoms with van der Waals surface area (Å²) in [4.78, 5) is 34.8. The minimum Gasteiger partial charge on any atom is -0.457 e. The number of benzene rings is 4. The fourth-order valence-corrected chi connectivity index (χ4v) is 6.26. The van der Waals surface area contributed by atoms with E-state index in [4.69, 9.17) is 9.73 Å². The van der Waals surface area contributed by atoms with E-state index in [0.717, 1.165) is 43.4 Å². The number of ether oxygens (including phenoxy) is 1. The van der Waals surface area contributed by atoms with Crippen molar-refractivity contribution in [3.63, 3.8) is 0 Å². The number of benzodiazepines with no additional fused rings is 1. The zero-order chi connectivity index (χ0) is 35.3. The van der Waals surface area contributed by atoms with Crippen molar-refractivity contribution in [1.82, 2.24) is 5.32 Å². The number of hydrogen-bond donors (Lipinski definition) is 2. The molecule has 0 radical (unpaired) electrons. The number of carbonyl (C=O) groups is 2. The first-order valence-electron chi connectivity index (χ1n) is 17.1. The van der Waals surface area contributed by atoms with Crippen molar-refractivity contribution in [2.45, 2.75) is 70.4 Å². The lowest BCUT2D eigenvalue weighted by molar-refractivity contribution is -0.137. The summed E-state index contributed by atoms with van der Waals surface area (Å²) in [5.41, 5.74) is 1.56. The number of rotatable bonds is 13. The second-order valence-electron chi connectivity index (χ2n) is 13.0. The van der Waals surface area contributed by atoms with Gasteiger partial charge in [0.2, 0.25) is 12.1 Å². The van der Waals surface area contributed by atoms with Crippen molar-refractivity contribution in [2.24, 2.45) is 16.8 Å². The van der Waals surface area contributed by atoms with E-state index in [1.54, 1.807) is 24.3 Å². The maximum absolute atomic E-state index is 14.5. The normalized spacial score (nSPS) is 17.3. The van der Waals surface area contributed by atoms with Gasteiger partial charge in [0.05, 0.1) is 35.5 Å². The molecule has 4 aromatic rings. The Kier molecular flexibility index (Phi) is 10.7. The van der Waals surface area contributed by atoms with Crippen LogP contribution in [0.1, 0.15) is 67.7 Å². The van der Waals surface area contributed by atoms with Gasteiger partial charge in [0.1, 0.15) is 11.5 Å². The number of aliphatic imine (C=N–C) groups is 1. The van der Waals surface area contributed by atoms with Gasteiger partial charge in [-0.3, -0.25) is 9.59 Å². The van der Waals surface area contributed by atoms with E-state index < -0.39 is 41.7 Å². The standard InChI is InChI=1S/C40H40F3N3O4/c1-2-3-16-35(47)33(24-26-17-18-26)38(48)45-37-39(49)46(25-27-10-9-13-31(23-27)50-30-11-5-4-6-12-30)34-15-8-7-14-32(34)36(44-37)28-19-21-29(22-20-28)40(41,42)43/h4-15,19-23,26,33,35,37,47H,2-3,16-18,24-25H2,1H3,(H,45,48). The first-order chi connectivity index (χ1) is 24.1. The molecule has 10 heteroatoms. The van der Waals surface area contributed by atoms with E-state index in [2.05, 4.69) is 5.32 Å². The topological polar surface area (TPSA) is 91.2 Å². The first kappa shape index (κ1) is 34.9. The van der Waals surface area contributed by atoms with Crippen LogP contribution in [0.5, 0.6) is 11.5 Å². The smallest absolute Gasteiger partial charge is 0.416 e. The van der Waals surface area contributed by atoms with Crippen LogP contribution < -0.4 is 15.0 Å². The molecular formula is C40H40F3N3O4. The molecule has 4 aromatic carbocycles. The Bertz CT molecular complexity index is 1820. The number of unbranched alkanes of at least 4 members (excludes halogenated alkanes) is 1. The summed E-state index contributed by atoms with van der Waals surface area (Å²) in [6, 6.07) is 28.3. The van der Waals surface area contributed by atoms with Gasteiger partial charge < -0.3 is 20.1 Å². The molecule has 1 heterocycles. The Hall–Kier alpha value is -4.96. The maximum atomic E-state index is 14.5. The highest BCUT2D eigenvalue weighted by molar-refractivity contribution is 6.20. The highest BCUT2D eigenvalue weighted by Crippen LogP contribution is 2.38. The van der Waals surface area contributed by atoms with Gasteiger partial charge in [0, 0.05) is 11.1 Å². The van der Waals surface area contributed by atoms with Gasteiger partial charge in [-0.05, 0) is 66.8 Å². The minimum absolute atomic E-state index is 0.0919. The molecule has 2 aliphatic rings. The number of halogens is 3. The average molecular weight is 684 g/mol. The average Bonchev–Trinajstić information content (AvgIpc) is 3.95. The predicted octanol–water partition coefficient (Wildman–Crippen LogP) is 8.29. The van der Waals surface area contributed by atoms with Gasteiger partial charge in [-0.25, -0.2) is 4.99 Å². The van der Waals surface area contributed by atoms with E-state index in [0.29, 0.717) is 47.1 Å². The van der Waals surface area contributed by atoms with Crippen LogP contribution in [0.15, 0.2) is 108 Å². The minimum atomic E-state index is -4.53. The molecule has 3 atom stereocenters. The number of hydrogen-bond acceptors (Lipinski definition) is 5. The van der Waals surface area contributed by atoms with Gasteiger partial charge in [0.15, 0.2) is 0 Å². The maximum Gasteiger partial charge on any atom is 0.416 e. The number of nitrogens with one attached hydrogen (secondary N) is 1. The number of alkyl halides is 3. The molecule has 0 aromatic heterocycles. The third-order valence-corrected chi connectivity index (χ3v) is 9.13. The summed E-state index contributed by atoms with van der Waals surface area (Å²) < 4.78 is 46.5. The number of anilines is 1. The third-order valence-electron chi connectivity index (χ3n) is 9.13. The lowest BCUT2D eigenvalue weighted by Gasteiger charge is -2.27. The van der Waals surface area contributed by atoms with Crippen LogP contribution >= 0.6 is 0 Å². The summed E-state index contributed by atoms with van der Waals surface area (Å²) in [7, 11) is 0. The second kappa shape index (κ2) is 15.3. The highest BCUT2D eigenvalue weighted by Gasteiger charge is 2.38. The number of fused-ring (bicyclic) bond motifs is 1. The van der Waals surface area contributed by atoms with E-state index in [-0.39, 0.29) is 12.3 Å². The number of para-hydroxylation sites is 2. The molecule has 2 amide bonds. The van der Waals surface area contributed by atoms with Crippen molar-refractivity contribution in [3.05, 3.63) is 125 Å². The first-order valence-corrected chi connectivity index (χ1v) is 17.1. The summed E-state index contributed by atoms with van der Waals surface area (Å²) in [6.07, 6.45) is -2.26. The van der Waals surface area contributed by atoms with E-state index in [1.807, 2.05) is 61.5 Å². The van der Waals surface area contributed by atoms with Gasteiger partial charge in [-0.1, -0.05) is 93.3 Å². The molecule has 50 heavy (non-hydrogen) atoms. The monoisotopic (exact) mass is 683 g/mol. The Balaban J connectivity index is 1.38. The quantitative estimate of drug-likeness (QED) is 0.148. The molecule has 260 valence electrons. The van der Waals surface area contributed by atoms with Crippen molar-refractivity contribution in [2.75, 3.05) is 4.90 Å². The number of carbonyl (C=O) groups excluding carboxylic acids is 2. The van der Waals surface area contributed by atoms with Crippen molar-refractivity contribution < 1.29 is 32.6 Å². The summed E-state index contributed by atoms with van der Waals surface area (Å²) in [5, 5.41) is 13.9. The molecule has 6 rings (SSSR count). The lowest BCUT2D eigenvalue weighted by atomic mass is 9.91. The van der Waals surface area contributed by atoms with Gasteiger partial charge >= 0.3 is 6.18 Å². The Labute approximate surface area is 289 Å². The summed E-state index contributed by atoms with van der Waals surface area (Å²) in [5.74, 6) is -0.157. The largest absolute Gasteiger partial charge is 0.457 e. The molecular weight excluding hydrogens is 643 g/mol. The molecule has 7 nitrogen and oxygen atoms in total. The number of aliphatic hydroxyl groups is 1. The molecule has 1 fully saturated rings. The molecule has 0 saturated heterocycles. The van der Waals surface area contributed by atoms with E-state index >= 15 is 0 Å². The van der Waals surface area contributed by atoms with Crippen LogP contribution in [0.4, 0.5) is 18.9 Å². The second-order valence-corrected chi connectivity index (χ2v) is 13.0. The number of amides is 2. The highest BCUT2D eigenvalue weighted by atomic mass is 19.4. The third kappa shape index (κ3) is 8.42. The van der Waals surface area contributed by atoms with E-state index in [1.165, 1.54) is 17.0 Å². The molecule has 2 N–H and O–H groups in total. The molecule has 0 bridgehead atoms. The SMILES string of the molecule is CCCCC(O)C(CC1CC1)C(=O)NC1N=C(c2ccc(C(F)(F)F)cc2)c2ccccc2N(Cc2cccc(Oc3ccccc3)c2)C1=O. The molecule has 1 aliphatic carbocycles. The number of nitrogens with zero attached hydrogens (tertiary/aromatic N) is 2. The zero-order valence-corrected chi connectivity index (χ0v) is 27.8. The Morgan fingerprint density at radius 3 is 2.36 bits per heavy atom. The van der Waals surface area contributed by atoms with Crippen molar-refractivity contribution in [3.8, 4) is 11.5 Å². The summed E-state index contributed by atoms with van der Waals surface area (Å²) in [6.45, 7) is 2.11. The van der Waals surface area contributed by atoms with Crippen LogP contribution in [0.25, 0.3) is 0 Å². The molecule has 0 spiro atoms. The van der Waals surface area contributed by atoms with Crippen molar-refractivity contribution >= 4 is 23.2 Å². The number of aliphatic hydroxyl groups excluding tert-OH is 1. The van der Waals surface area contributed by atoms with Crippen molar-refractivity contribution in [1.29, 1.82) is 0 Å². The zero-order valence-electron chi connectivity index (χ0n) is 27.8. The van der Waals surface area contributed by atoms with E-state index in [9.17, 15) is 27.9 Å². The van der Waals surface area contributed by atoms with Crippen LogP contribution in [-0.4, -0.2) is 34.9 Å². The predicted molar refractivity (Wildman–Crippen MR) is 186 cm³/mol. The van der Waals surface area contributed by atoms with Gasteiger partial charge in [0.25, 0.3) is 5.91 Å². The molecule has 3 unspecified atom stereocenters. The van der Waals surface area contributed by atoms with Crippen LogP contribution in [-0.2, 0) is 22.3 Å². The molecule has 1 aliphatic heterocycles. The van der Waals surface area contributed by atoms with Gasteiger partial charge in [-0.15, -0.1) is 0 Å². The van der Waals surface area contributed by atoms with Crippen LogP contribution in [0.3, 0.4) is 0 Å². The Morgan fingerprint density at radius 1 is 0.960 bits per heavy atom.